The number of halogens is 1. The van der Waals surface area contributed by atoms with E-state index in [0.29, 0.717) is 31.7 Å². The van der Waals surface area contributed by atoms with E-state index in [-0.39, 0.29) is 23.7 Å². The summed E-state index contributed by atoms with van der Waals surface area (Å²) in [6.45, 7) is 4.59. The fraction of sp³-hybridized carbons (Fsp3) is 0.409. The number of hydrogen-bond donors (Lipinski definition) is 1. The molecule has 2 aromatic rings. The highest BCUT2D eigenvalue weighted by atomic mass is 19.1. The third-order valence-corrected chi connectivity index (χ3v) is 5.81. The summed E-state index contributed by atoms with van der Waals surface area (Å²) in [6.07, 6.45) is 0.678. The first kappa shape index (κ1) is 18.6. The lowest BCUT2D eigenvalue weighted by atomic mass is 9.83. The molecule has 1 amide bonds. The lowest BCUT2D eigenvalue weighted by molar-refractivity contribution is -0.125. The van der Waals surface area contributed by atoms with Crippen molar-refractivity contribution >= 4 is 17.3 Å². The smallest absolute Gasteiger partial charge is 0.225 e. The van der Waals surface area contributed by atoms with Gasteiger partial charge in [0.2, 0.25) is 5.91 Å². The van der Waals surface area contributed by atoms with Crippen LogP contribution in [0.15, 0.2) is 42.5 Å². The minimum Gasteiger partial charge on any atom is -0.497 e. The maximum atomic E-state index is 14.4. The van der Waals surface area contributed by atoms with Gasteiger partial charge in [0.25, 0.3) is 0 Å². The molecule has 28 heavy (non-hydrogen) atoms. The number of rotatable bonds is 4. The van der Waals surface area contributed by atoms with Gasteiger partial charge in [-0.2, -0.15) is 0 Å². The van der Waals surface area contributed by atoms with Gasteiger partial charge in [0.1, 0.15) is 11.6 Å². The van der Waals surface area contributed by atoms with Gasteiger partial charge in [-0.25, -0.2) is 4.39 Å². The Kier molecular flexibility index (Phi) is 5.11. The second-order valence-corrected chi connectivity index (χ2v) is 7.36. The number of nitrogens with one attached hydrogen (secondary N) is 1. The van der Waals surface area contributed by atoms with E-state index in [1.54, 1.807) is 13.2 Å². The largest absolute Gasteiger partial charge is 0.497 e. The number of nitrogens with zero attached hydrogens (tertiary/aromatic N) is 2. The highest BCUT2D eigenvalue weighted by Crippen LogP contribution is 2.39. The van der Waals surface area contributed by atoms with Gasteiger partial charge in [-0.1, -0.05) is 18.2 Å². The Morgan fingerprint density at radius 2 is 2.04 bits per heavy atom. The van der Waals surface area contributed by atoms with Crippen molar-refractivity contribution in [2.45, 2.75) is 19.4 Å². The lowest BCUT2D eigenvalue weighted by Crippen LogP contribution is -2.61. The molecule has 0 aromatic heterocycles. The third kappa shape index (κ3) is 3.28. The van der Waals surface area contributed by atoms with E-state index in [0.717, 1.165) is 23.5 Å². The van der Waals surface area contributed by atoms with E-state index >= 15 is 0 Å². The second kappa shape index (κ2) is 7.70. The van der Waals surface area contributed by atoms with Crippen molar-refractivity contribution in [1.82, 2.24) is 5.32 Å². The number of amides is 1. The lowest BCUT2D eigenvalue weighted by Gasteiger charge is -2.49. The minimum absolute atomic E-state index is 0.0143. The van der Waals surface area contributed by atoms with Gasteiger partial charge >= 0.3 is 0 Å². The first-order valence-corrected chi connectivity index (χ1v) is 9.83. The fourth-order valence-electron chi connectivity index (χ4n) is 4.44. The zero-order chi connectivity index (χ0) is 19.7. The number of anilines is 2. The summed E-state index contributed by atoms with van der Waals surface area (Å²) in [4.78, 5) is 17.2. The summed E-state index contributed by atoms with van der Waals surface area (Å²) in [6, 6.07) is 12.9. The molecular formula is C22H26FN3O2. The van der Waals surface area contributed by atoms with Crippen LogP contribution in [-0.4, -0.2) is 45.2 Å². The zero-order valence-electron chi connectivity index (χ0n) is 16.3. The van der Waals surface area contributed by atoms with E-state index in [9.17, 15) is 9.18 Å². The molecule has 148 valence electrons. The Morgan fingerprint density at radius 1 is 1.21 bits per heavy atom. The number of hydrogen-bond acceptors (Lipinski definition) is 4. The number of para-hydroxylation sites is 1. The van der Waals surface area contributed by atoms with E-state index in [2.05, 4.69) is 27.2 Å². The molecule has 1 N–H and O–H groups in total. The van der Waals surface area contributed by atoms with Crippen LogP contribution in [0.4, 0.5) is 15.8 Å². The fourth-order valence-corrected chi connectivity index (χ4v) is 4.44. The molecule has 2 aliphatic rings. The van der Waals surface area contributed by atoms with Crippen molar-refractivity contribution < 1.29 is 13.9 Å². The maximum Gasteiger partial charge on any atom is 0.225 e. The van der Waals surface area contributed by atoms with Crippen LogP contribution in [0.25, 0.3) is 0 Å². The standard InChI is InChI=1S/C22H26FN3O2/c1-3-24-22(27)17-12-15-8-9-16(28-2)13-20(15)26-11-10-25(14-21(17)26)19-7-5-4-6-18(19)23/h4-9,13,17,21H,3,10-12,14H2,1-2H3,(H,24,27)/t17-,21-/m1/s1. The molecule has 2 aliphatic heterocycles. The van der Waals surface area contributed by atoms with E-state index in [4.69, 9.17) is 4.74 Å². The Labute approximate surface area is 165 Å². The first-order chi connectivity index (χ1) is 13.6. The second-order valence-electron chi connectivity index (χ2n) is 7.36. The van der Waals surface area contributed by atoms with Crippen LogP contribution in [0.3, 0.4) is 0 Å². The van der Waals surface area contributed by atoms with Crippen molar-refractivity contribution in [3.8, 4) is 5.75 Å². The van der Waals surface area contributed by atoms with E-state index in [1.807, 2.05) is 25.1 Å². The third-order valence-electron chi connectivity index (χ3n) is 5.81. The number of piperazine rings is 1. The molecule has 0 radical (unpaired) electrons. The van der Waals surface area contributed by atoms with Crippen LogP contribution >= 0.6 is 0 Å². The number of ether oxygens (including phenoxy) is 1. The van der Waals surface area contributed by atoms with Gasteiger partial charge in [-0.15, -0.1) is 0 Å². The monoisotopic (exact) mass is 383 g/mol. The van der Waals surface area contributed by atoms with Gasteiger partial charge in [0.05, 0.1) is 24.8 Å². The molecule has 4 rings (SSSR count). The number of benzene rings is 2. The van der Waals surface area contributed by atoms with Crippen molar-refractivity contribution in [2.75, 3.05) is 43.1 Å². The molecule has 2 aromatic carbocycles. The molecule has 1 saturated heterocycles. The Bertz CT molecular complexity index is 873. The summed E-state index contributed by atoms with van der Waals surface area (Å²) in [5.74, 6) is 0.485. The Balaban J connectivity index is 1.69. The average Bonchev–Trinajstić information content (AvgIpc) is 2.73. The van der Waals surface area contributed by atoms with Crippen LogP contribution in [-0.2, 0) is 11.2 Å². The number of fused-ring (bicyclic) bond motifs is 3. The number of carbonyl (C=O) groups is 1. The SMILES string of the molecule is CCNC(=O)[C@@H]1Cc2ccc(OC)cc2N2CCN(c3ccccc3F)C[C@H]12. The van der Waals surface area contributed by atoms with Crippen molar-refractivity contribution in [1.29, 1.82) is 0 Å². The van der Waals surface area contributed by atoms with Crippen LogP contribution in [0.5, 0.6) is 5.75 Å². The Hall–Kier alpha value is -2.76. The highest BCUT2D eigenvalue weighted by molar-refractivity contribution is 5.82. The van der Waals surface area contributed by atoms with E-state index < -0.39 is 0 Å². The summed E-state index contributed by atoms with van der Waals surface area (Å²) in [7, 11) is 1.66. The molecule has 0 saturated carbocycles. The van der Waals surface area contributed by atoms with Crippen molar-refractivity contribution in [2.24, 2.45) is 5.92 Å². The average molecular weight is 383 g/mol. The van der Waals surface area contributed by atoms with Gasteiger partial charge in [0.15, 0.2) is 0 Å². The van der Waals surface area contributed by atoms with Crippen molar-refractivity contribution in [3.05, 3.63) is 53.8 Å². The topological polar surface area (TPSA) is 44.8 Å². The van der Waals surface area contributed by atoms with Gasteiger partial charge in [-0.3, -0.25) is 4.79 Å². The van der Waals surface area contributed by atoms with Crippen LogP contribution in [0.1, 0.15) is 12.5 Å². The molecule has 6 heteroatoms. The maximum absolute atomic E-state index is 14.4. The van der Waals surface area contributed by atoms with Crippen LogP contribution in [0.2, 0.25) is 0 Å². The molecule has 5 nitrogen and oxygen atoms in total. The van der Waals surface area contributed by atoms with E-state index in [1.165, 1.54) is 6.07 Å². The molecule has 0 unspecified atom stereocenters. The predicted octanol–water partition coefficient (Wildman–Crippen LogP) is 2.84. The molecular weight excluding hydrogens is 357 g/mol. The van der Waals surface area contributed by atoms with Gasteiger partial charge in [-0.05, 0) is 37.1 Å². The number of carbonyl (C=O) groups excluding carboxylic acids is 1. The van der Waals surface area contributed by atoms with Crippen LogP contribution < -0.4 is 19.9 Å². The zero-order valence-corrected chi connectivity index (χ0v) is 16.3. The summed E-state index contributed by atoms with van der Waals surface area (Å²) in [5.41, 5.74) is 2.89. The summed E-state index contributed by atoms with van der Waals surface area (Å²) >= 11 is 0. The Morgan fingerprint density at radius 3 is 2.79 bits per heavy atom. The van der Waals surface area contributed by atoms with Crippen LogP contribution in [0, 0.1) is 11.7 Å². The quantitative estimate of drug-likeness (QED) is 0.882. The molecule has 0 bridgehead atoms. The first-order valence-electron chi connectivity index (χ1n) is 9.83. The van der Waals surface area contributed by atoms with Crippen molar-refractivity contribution in [3.63, 3.8) is 0 Å². The van der Waals surface area contributed by atoms with Gasteiger partial charge in [0, 0.05) is 37.9 Å². The van der Waals surface area contributed by atoms with Gasteiger partial charge < -0.3 is 19.9 Å². The predicted molar refractivity (Wildman–Crippen MR) is 109 cm³/mol. The number of methoxy groups -OCH3 is 1. The summed E-state index contributed by atoms with van der Waals surface area (Å²) < 4.78 is 19.8. The molecule has 2 atom stereocenters. The molecule has 0 spiro atoms. The highest BCUT2D eigenvalue weighted by Gasteiger charge is 2.41. The molecule has 1 fully saturated rings. The molecule has 0 aliphatic carbocycles. The normalized spacial score (nSPS) is 21.0. The minimum atomic E-state index is -0.219. The molecule has 2 heterocycles. The summed E-state index contributed by atoms with van der Waals surface area (Å²) in [5, 5.41) is 2.98.